The maximum atomic E-state index is 6.21. The molecule has 1 aliphatic heterocycles. The number of hydrogen-bond acceptors (Lipinski definition) is 5. The molecule has 0 saturated carbocycles. The Kier molecular flexibility index (Phi) is 5.04. The second-order valence-corrected chi connectivity index (χ2v) is 7.56. The highest BCUT2D eigenvalue weighted by Gasteiger charge is 2.27. The quantitative estimate of drug-likeness (QED) is 0.473. The molecule has 0 fully saturated rings. The summed E-state index contributed by atoms with van der Waals surface area (Å²) in [5, 5.41) is 8.77. The van der Waals surface area contributed by atoms with Gasteiger partial charge in [0.25, 0.3) is 0 Å². The molecule has 1 unspecified atom stereocenters. The lowest BCUT2D eigenvalue weighted by molar-refractivity contribution is 0.841. The number of hydrogen-bond donors (Lipinski definition) is 0. The first-order valence-electron chi connectivity index (χ1n) is 8.60. The lowest BCUT2D eigenvalue weighted by Crippen LogP contribution is -2.09. The average molecular weight is 384 g/mol. The van der Waals surface area contributed by atoms with Crippen LogP contribution in [0.25, 0.3) is 5.69 Å². The molecule has 0 saturated heterocycles. The fraction of sp³-hybridized carbons (Fsp3) is 0.263. The van der Waals surface area contributed by atoms with Gasteiger partial charge in [-0.15, -0.1) is 22.0 Å². The van der Waals surface area contributed by atoms with Crippen LogP contribution >= 0.6 is 23.4 Å². The molecule has 4 rings (SSSR count). The molecule has 7 heteroatoms. The van der Waals surface area contributed by atoms with Gasteiger partial charge in [0.05, 0.1) is 11.4 Å². The first-order chi connectivity index (χ1) is 12.8. The van der Waals surface area contributed by atoms with Gasteiger partial charge in [0, 0.05) is 5.56 Å². The van der Waals surface area contributed by atoms with Gasteiger partial charge in [0.1, 0.15) is 17.2 Å². The van der Waals surface area contributed by atoms with Crippen LogP contribution in [0.3, 0.4) is 0 Å². The van der Waals surface area contributed by atoms with Crippen molar-refractivity contribution in [3.63, 3.8) is 0 Å². The third-order valence-corrected chi connectivity index (χ3v) is 5.55. The predicted molar refractivity (Wildman–Crippen MR) is 106 cm³/mol. The Balaban J connectivity index is 1.90. The lowest BCUT2D eigenvalue weighted by atomic mass is 10.1. The number of halogens is 1. The van der Waals surface area contributed by atoms with Crippen LogP contribution in [0.5, 0.6) is 0 Å². The Hall–Kier alpha value is -2.18. The minimum absolute atomic E-state index is 0.132. The molecule has 1 atom stereocenters. The number of aliphatic imine (C=N–C) groups is 1. The van der Waals surface area contributed by atoms with E-state index in [1.165, 1.54) is 0 Å². The van der Waals surface area contributed by atoms with Crippen molar-refractivity contribution >= 4 is 29.1 Å². The zero-order valence-corrected chi connectivity index (χ0v) is 15.9. The maximum Gasteiger partial charge on any atom is 0.172 e. The monoisotopic (exact) mass is 383 g/mol. The second-order valence-electron chi connectivity index (χ2n) is 5.98. The Morgan fingerprint density at radius 2 is 2.00 bits per heavy atom. The van der Waals surface area contributed by atoms with Crippen molar-refractivity contribution in [2.75, 3.05) is 5.75 Å². The molecule has 132 valence electrons. The number of thioether (sulfide) groups is 1. The number of aromatic nitrogens is 4. The van der Waals surface area contributed by atoms with Gasteiger partial charge in [0.2, 0.25) is 0 Å². The second kappa shape index (κ2) is 7.60. The van der Waals surface area contributed by atoms with Crippen LogP contribution in [0, 0.1) is 0 Å². The largest absolute Gasteiger partial charge is 0.281 e. The van der Waals surface area contributed by atoms with Gasteiger partial charge in [-0.3, -0.25) is 9.56 Å². The summed E-state index contributed by atoms with van der Waals surface area (Å²) in [4.78, 5) is 9.64. The zero-order valence-electron chi connectivity index (χ0n) is 14.3. The minimum Gasteiger partial charge on any atom is -0.281 e. The molecule has 0 N–H and O–H groups in total. The van der Waals surface area contributed by atoms with Crippen LogP contribution in [0.1, 0.15) is 42.2 Å². The Bertz CT molecular complexity index is 938. The highest BCUT2D eigenvalue weighted by Crippen LogP contribution is 2.36. The van der Waals surface area contributed by atoms with Crippen molar-refractivity contribution in [3.05, 3.63) is 71.0 Å². The first kappa shape index (κ1) is 17.2. The first-order valence-corrected chi connectivity index (χ1v) is 10.0. The summed E-state index contributed by atoms with van der Waals surface area (Å²) >= 11 is 7.99. The van der Waals surface area contributed by atoms with Gasteiger partial charge < -0.3 is 0 Å². The highest BCUT2D eigenvalue weighted by molar-refractivity contribution is 7.99. The highest BCUT2D eigenvalue weighted by atomic mass is 35.5. The van der Waals surface area contributed by atoms with Gasteiger partial charge in [0.15, 0.2) is 11.2 Å². The summed E-state index contributed by atoms with van der Waals surface area (Å²) in [6, 6.07) is 13.8. The Morgan fingerprint density at radius 3 is 2.81 bits per heavy atom. The van der Waals surface area contributed by atoms with Gasteiger partial charge in [-0.2, -0.15) is 0 Å². The van der Waals surface area contributed by atoms with Crippen LogP contribution in [-0.2, 0) is 0 Å². The molecule has 0 bridgehead atoms. The van der Waals surface area contributed by atoms with Crippen molar-refractivity contribution in [2.45, 2.75) is 25.1 Å². The molecular formula is C19H18ClN5S. The molecule has 0 spiro atoms. The molecule has 0 aliphatic carbocycles. The number of unbranched alkanes of at least 4 members (excludes halogenated alkanes) is 1. The summed E-state index contributed by atoms with van der Waals surface area (Å²) in [7, 11) is 0. The number of rotatable bonds is 5. The zero-order chi connectivity index (χ0) is 17.9. The topological polar surface area (TPSA) is 56.0 Å². The molecule has 1 aliphatic rings. The number of benzene rings is 1. The van der Waals surface area contributed by atoms with E-state index < -0.39 is 0 Å². The van der Waals surface area contributed by atoms with E-state index in [0.717, 1.165) is 47.1 Å². The van der Waals surface area contributed by atoms with E-state index in [2.05, 4.69) is 22.1 Å². The van der Waals surface area contributed by atoms with Crippen LogP contribution in [0.2, 0.25) is 5.15 Å². The molecule has 5 nitrogen and oxygen atoms in total. The van der Waals surface area contributed by atoms with E-state index in [4.69, 9.17) is 16.6 Å². The SMILES string of the molecule is CCCCSC1N=C(c2ccccc2)c2nc(Cl)ccc2-n2cnnc21. The van der Waals surface area contributed by atoms with Gasteiger partial charge in [-0.25, -0.2) is 4.98 Å². The molecule has 0 amide bonds. The molecule has 0 radical (unpaired) electrons. The molecular weight excluding hydrogens is 366 g/mol. The summed E-state index contributed by atoms with van der Waals surface area (Å²) in [5.41, 5.74) is 3.50. The van der Waals surface area contributed by atoms with Crippen molar-refractivity contribution in [1.29, 1.82) is 0 Å². The van der Waals surface area contributed by atoms with Crippen molar-refractivity contribution in [2.24, 2.45) is 4.99 Å². The fourth-order valence-electron chi connectivity index (χ4n) is 2.89. The van der Waals surface area contributed by atoms with Gasteiger partial charge in [-0.05, 0) is 24.3 Å². The van der Waals surface area contributed by atoms with Crippen LogP contribution in [0.4, 0.5) is 0 Å². The van der Waals surface area contributed by atoms with E-state index in [1.807, 2.05) is 41.0 Å². The van der Waals surface area contributed by atoms with Gasteiger partial charge >= 0.3 is 0 Å². The van der Waals surface area contributed by atoms with Crippen LogP contribution < -0.4 is 0 Å². The van der Waals surface area contributed by atoms with Gasteiger partial charge in [-0.1, -0.05) is 55.3 Å². The van der Waals surface area contributed by atoms with E-state index in [9.17, 15) is 0 Å². The Morgan fingerprint density at radius 1 is 1.15 bits per heavy atom. The normalized spacial score (nSPS) is 15.8. The maximum absolute atomic E-state index is 6.21. The van der Waals surface area contributed by atoms with Crippen molar-refractivity contribution in [1.82, 2.24) is 19.7 Å². The van der Waals surface area contributed by atoms with E-state index in [1.54, 1.807) is 24.2 Å². The number of fused-ring (bicyclic) bond motifs is 3. The van der Waals surface area contributed by atoms with E-state index >= 15 is 0 Å². The average Bonchev–Trinajstić information content (AvgIpc) is 3.10. The summed E-state index contributed by atoms with van der Waals surface area (Å²) in [5.74, 6) is 1.84. The molecule has 1 aromatic carbocycles. The molecule has 3 heterocycles. The number of pyridine rings is 1. The summed E-state index contributed by atoms with van der Waals surface area (Å²) in [6.45, 7) is 2.19. The third kappa shape index (κ3) is 3.27. The van der Waals surface area contributed by atoms with E-state index in [-0.39, 0.29) is 5.37 Å². The molecule has 2 aromatic heterocycles. The minimum atomic E-state index is -0.132. The smallest absolute Gasteiger partial charge is 0.172 e. The van der Waals surface area contributed by atoms with Crippen molar-refractivity contribution in [3.8, 4) is 5.69 Å². The lowest BCUT2D eigenvalue weighted by Gasteiger charge is -2.11. The molecule has 26 heavy (non-hydrogen) atoms. The van der Waals surface area contributed by atoms with Crippen LogP contribution in [-0.4, -0.2) is 31.2 Å². The fourth-order valence-corrected chi connectivity index (χ4v) is 4.20. The number of nitrogens with zero attached hydrogens (tertiary/aromatic N) is 5. The third-order valence-electron chi connectivity index (χ3n) is 4.19. The van der Waals surface area contributed by atoms with Crippen LogP contribution in [0.15, 0.2) is 53.8 Å². The van der Waals surface area contributed by atoms with E-state index in [0.29, 0.717) is 5.15 Å². The Labute approximate surface area is 161 Å². The summed E-state index contributed by atoms with van der Waals surface area (Å²) in [6.07, 6.45) is 4.02. The van der Waals surface area contributed by atoms with Crippen molar-refractivity contribution < 1.29 is 0 Å². The molecule has 3 aromatic rings. The summed E-state index contributed by atoms with van der Waals surface area (Å²) < 4.78 is 1.97. The predicted octanol–water partition coefficient (Wildman–Crippen LogP) is 4.70. The standard InChI is InChI=1S/C19H18ClN5S/c1-2-3-11-26-19-18-24-21-12-25(18)14-9-10-15(20)22-17(14)16(23-19)13-7-5-4-6-8-13/h4-10,12,19H,2-3,11H2,1H3.